The first-order valence-corrected chi connectivity index (χ1v) is 10.8. The van der Waals surface area contributed by atoms with Gasteiger partial charge in [0.2, 0.25) is 0 Å². The van der Waals surface area contributed by atoms with Crippen LogP contribution in [0.2, 0.25) is 0 Å². The summed E-state index contributed by atoms with van der Waals surface area (Å²) in [6.07, 6.45) is 0.718. The van der Waals surface area contributed by atoms with Crippen molar-refractivity contribution in [1.29, 1.82) is 5.41 Å². The van der Waals surface area contributed by atoms with Gasteiger partial charge in [0.15, 0.2) is 5.82 Å². The molecule has 0 atom stereocenters. The SMILES string of the molecule is C=C(C(C)C)N1Cc2nc(C(=N)c3ccc(-c4cc(F)c(N)cc4CC)cc3N)[nH]c2C1. The summed E-state index contributed by atoms with van der Waals surface area (Å²) in [5.74, 6) is 0.418. The quantitative estimate of drug-likeness (QED) is 0.330. The van der Waals surface area contributed by atoms with E-state index in [1.807, 2.05) is 13.0 Å². The van der Waals surface area contributed by atoms with Crippen molar-refractivity contribution in [1.82, 2.24) is 14.9 Å². The van der Waals surface area contributed by atoms with Gasteiger partial charge in [-0.25, -0.2) is 9.37 Å². The van der Waals surface area contributed by atoms with E-state index in [2.05, 4.69) is 35.3 Å². The first-order valence-electron chi connectivity index (χ1n) is 10.8. The Kier molecular flexibility index (Phi) is 5.50. The van der Waals surface area contributed by atoms with E-state index in [9.17, 15) is 4.39 Å². The van der Waals surface area contributed by atoms with Gasteiger partial charge in [-0.05, 0) is 47.2 Å². The number of nitrogens with zero attached hydrogens (tertiary/aromatic N) is 2. The van der Waals surface area contributed by atoms with Crippen LogP contribution in [0.1, 0.15) is 49.1 Å². The topological polar surface area (TPSA) is 108 Å². The van der Waals surface area contributed by atoms with E-state index in [0.717, 1.165) is 40.2 Å². The standard InChI is InChI=1S/C25H29FN6/c1-5-15-8-21(28)19(26)10-18(15)16-6-7-17(20(27)9-16)24(29)25-30-22-11-32(12-23(22)31-25)14(4)13(2)3/h6-10,13,29H,4-5,11-12,27-28H2,1-3H3,(H,30,31). The summed E-state index contributed by atoms with van der Waals surface area (Å²) < 4.78 is 14.1. The minimum atomic E-state index is -0.452. The van der Waals surface area contributed by atoms with Crippen LogP contribution in [0.4, 0.5) is 15.8 Å². The fraction of sp³-hybridized carbons (Fsp3) is 0.280. The molecule has 166 valence electrons. The number of allylic oxidation sites excluding steroid dienone is 1. The number of anilines is 2. The first kappa shape index (κ1) is 21.6. The minimum absolute atomic E-state index is 0.137. The Labute approximate surface area is 187 Å². The van der Waals surface area contributed by atoms with Gasteiger partial charge in [0, 0.05) is 16.9 Å². The second-order valence-corrected chi connectivity index (χ2v) is 8.57. The Hall–Kier alpha value is -3.61. The number of fused-ring (bicyclic) bond motifs is 1. The molecule has 0 aliphatic carbocycles. The fourth-order valence-corrected chi connectivity index (χ4v) is 4.11. The number of hydrogen-bond acceptors (Lipinski definition) is 5. The number of aromatic amines is 1. The van der Waals surface area contributed by atoms with E-state index in [1.165, 1.54) is 6.07 Å². The molecule has 1 aliphatic heterocycles. The highest BCUT2D eigenvalue weighted by atomic mass is 19.1. The number of imidazole rings is 1. The normalized spacial score (nSPS) is 13.0. The van der Waals surface area contributed by atoms with Crippen LogP contribution in [0.3, 0.4) is 0 Å². The lowest BCUT2D eigenvalue weighted by molar-refractivity contribution is 0.323. The van der Waals surface area contributed by atoms with Crippen LogP contribution < -0.4 is 11.5 Å². The van der Waals surface area contributed by atoms with E-state index in [1.54, 1.807) is 18.2 Å². The molecule has 3 aromatic rings. The van der Waals surface area contributed by atoms with Crippen molar-refractivity contribution in [2.24, 2.45) is 5.92 Å². The van der Waals surface area contributed by atoms with Crippen LogP contribution in [0.5, 0.6) is 0 Å². The molecule has 0 fully saturated rings. The maximum atomic E-state index is 14.1. The monoisotopic (exact) mass is 432 g/mol. The maximum Gasteiger partial charge on any atom is 0.156 e. The number of aryl methyl sites for hydroxylation is 1. The lowest BCUT2D eigenvalue weighted by Crippen LogP contribution is -2.19. The Morgan fingerprint density at radius 2 is 1.97 bits per heavy atom. The summed E-state index contributed by atoms with van der Waals surface area (Å²) in [6.45, 7) is 11.8. The number of hydrogen-bond donors (Lipinski definition) is 4. The van der Waals surface area contributed by atoms with Crippen molar-refractivity contribution in [3.8, 4) is 11.1 Å². The molecular formula is C25H29FN6. The van der Waals surface area contributed by atoms with E-state index in [-0.39, 0.29) is 11.4 Å². The number of nitrogens with one attached hydrogen (secondary N) is 2. The summed E-state index contributed by atoms with van der Waals surface area (Å²) in [4.78, 5) is 10.1. The molecule has 0 saturated carbocycles. The largest absolute Gasteiger partial charge is 0.398 e. The molecule has 2 aromatic carbocycles. The second kappa shape index (κ2) is 8.15. The van der Waals surface area contributed by atoms with Gasteiger partial charge < -0.3 is 21.4 Å². The van der Waals surface area contributed by atoms with Gasteiger partial charge in [-0.3, -0.25) is 5.41 Å². The Bertz CT molecular complexity index is 1200. The van der Waals surface area contributed by atoms with Crippen LogP contribution in [0.15, 0.2) is 42.6 Å². The molecular weight excluding hydrogens is 403 g/mol. The summed E-state index contributed by atoms with van der Waals surface area (Å²) >= 11 is 0. The van der Waals surface area contributed by atoms with Crippen LogP contribution >= 0.6 is 0 Å². The van der Waals surface area contributed by atoms with Crippen LogP contribution in [0.25, 0.3) is 11.1 Å². The van der Waals surface area contributed by atoms with Crippen molar-refractivity contribution < 1.29 is 4.39 Å². The highest BCUT2D eigenvalue weighted by Gasteiger charge is 2.26. The summed E-state index contributed by atoms with van der Waals surface area (Å²) in [5.41, 5.74) is 19.0. The molecule has 1 aromatic heterocycles. The second-order valence-electron chi connectivity index (χ2n) is 8.57. The van der Waals surface area contributed by atoms with E-state index < -0.39 is 5.82 Å². The third-order valence-corrected chi connectivity index (χ3v) is 6.10. The molecule has 0 bridgehead atoms. The molecule has 0 spiro atoms. The van der Waals surface area contributed by atoms with Gasteiger partial charge in [0.05, 0.1) is 30.2 Å². The first-order chi connectivity index (χ1) is 15.2. The van der Waals surface area contributed by atoms with Crippen molar-refractivity contribution >= 4 is 17.1 Å². The molecule has 7 heteroatoms. The molecule has 0 amide bonds. The van der Waals surface area contributed by atoms with Crippen LogP contribution in [-0.4, -0.2) is 20.6 Å². The summed E-state index contributed by atoms with van der Waals surface area (Å²) in [5, 5.41) is 8.66. The van der Waals surface area contributed by atoms with Crippen molar-refractivity contribution in [3.05, 3.63) is 76.8 Å². The van der Waals surface area contributed by atoms with Crippen LogP contribution in [0, 0.1) is 17.1 Å². The highest BCUT2D eigenvalue weighted by Crippen LogP contribution is 2.32. The van der Waals surface area contributed by atoms with Crippen molar-refractivity contribution in [2.45, 2.75) is 40.3 Å². The predicted molar refractivity (Wildman–Crippen MR) is 128 cm³/mol. The number of H-pyrrole nitrogens is 1. The van der Waals surface area contributed by atoms with Gasteiger partial charge in [0.25, 0.3) is 0 Å². The number of nitrogen functional groups attached to an aromatic ring is 2. The molecule has 0 radical (unpaired) electrons. The predicted octanol–water partition coefficient (Wildman–Crippen LogP) is 4.84. The van der Waals surface area contributed by atoms with E-state index in [4.69, 9.17) is 16.9 Å². The Morgan fingerprint density at radius 3 is 2.59 bits per heavy atom. The van der Waals surface area contributed by atoms with Crippen LogP contribution in [-0.2, 0) is 19.5 Å². The molecule has 0 unspecified atom stereocenters. The van der Waals surface area contributed by atoms with E-state index >= 15 is 0 Å². The molecule has 4 rings (SSSR count). The third-order valence-electron chi connectivity index (χ3n) is 6.10. The van der Waals surface area contributed by atoms with Crippen molar-refractivity contribution in [2.75, 3.05) is 11.5 Å². The smallest absolute Gasteiger partial charge is 0.156 e. The van der Waals surface area contributed by atoms with Gasteiger partial charge >= 0.3 is 0 Å². The van der Waals surface area contributed by atoms with Crippen molar-refractivity contribution in [3.63, 3.8) is 0 Å². The third kappa shape index (κ3) is 3.75. The number of aromatic nitrogens is 2. The molecule has 1 aliphatic rings. The molecule has 6 nitrogen and oxygen atoms in total. The minimum Gasteiger partial charge on any atom is -0.398 e. The van der Waals surface area contributed by atoms with Gasteiger partial charge in [-0.1, -0.05) is 39.5 Å². The zero-order chi connectivity index (χ0) is 23.2. The number of benzene rings is 2. The zero-order valence-electron chi connectivity index (χ0n) is 18.7. The summed E-state index contributed by atoms with van der Waals surface area (Å²) in [7, 11) is 0. The van der Waals surface area contributed by atoms with Gasteiger partial charge in [0.1, 0.15) is 11.5 Å². The number of rotatable bonds is 6. The Morgan fingerprint density at radius 1 is 1.22 bits per heavy atom. The average molecular weight is 433 g/mol. The fourth-order valence-electron chi connectivity index (χ4n) is 4.11. The lowest BCUT2D eigenvalue weighted by Gasteiger charge is -2.23. The molecule has 2 heterocycles. The average Bonchev–Trinajstić information content (AvgIpc) is 3.33. The highest BCUT2D eigenvalue weighted by molar-refractivity contribution is 6.12. The number of nitrogens with two attached hydrogens (primary N) is 2. The van der Waals surface area contributed by atoms with Gasteiger partial charge in [-0.15, -0.1) is 0 Å². The van der Waals surface area contributed by atoms with E-state index in [0.29, 0.717) is 36.1 Å². The van der Waals surface area contributed by atoms with Gasteiger partial charge in [-0.2, -0.15) is 0 Å². The Balaban J connectivity index is 1.59. The maximum absolute atomic E-state index is 14.1. The number of halogens is 1. The lowest BCUT2D eigenvalue weighted by atomic mass is 9.95. The summed E-state index contributed by atoms with van der Waals surface area (Å²) in [6, 6.07) is 8.54. The molecule has 32 heavy (non-hydrogen) atoms. The zero-order valence-corrected chi connectivity index (χ0v) is 18.7. The molecule has 6 N–H and O–H groups in total. The molecule has 0 saturated heterocycles.